The zero-order valence-electron chi connectivity index (χ0n) is 31.6. The van der Waals surface area contributed by atoms with Gasteiger partial charge in [-0.3, -0.25) is 19.1 Å². The molecule has 8 rings (SSSR count). The molecule has 59 heavy (non-hydrogen) atoms. The average Bonchev–Trinajstić information content (AvgIpc) is 3.98. The van der Waals surface area contributed by atoms with E-state index in [1.165, 1.54) is 24.3 Å². The quantitative estimate of drug-likeness (QED) is 0.101. The first-order valence-corrected chi connectivity index (χ1v) is 20.9. The molecule has 4 saturated carbocycles. The minimum absolute atomic E-state index is 0.0289. The van der Waals surface area contributed by atoms with Gasteiger partial charge in [0, 0.05) is 35.9 Å². The number of sulfonamides is 1. The smallest absolute Gasteiger partial charge is 0.422 e. The molecule has 0 spiro atoms. The van der Waals surface area contributed by atoms with Crippen LogP contribution in [0.4, 0.5) is 30.8 Å². The van der Waals surface area contributed by atoms with E-state index in [1.807, 2.05) is 12.1 Å². The number of nitrogens with one attached hydrogen (secondary N) is 5. The van der Waals surface area contributed by atoms with E-state index in [4.69, 9.17) is 16.3 Å². The molecule has 0 unspecified atom stereocenters. The molecule has 0 bridgehead atoms. The monoisotopic (exact) mass is 856 g/mol. The van der Waals surface area contributed by atoms with Gasteiger partial charge in [-0.1, -0.05) is 23.7 Å². The van der Waals surface area contributed by atoms with Crippen LogP contribution in [-0.4, -0.2) is 80.3 Å². The van der Waals surface area contributed by atoms with Gasteiger partial charge in [0.15, 0.2) is 6.61 Å². The summed E-state index contributed by atoms with van der Waals surface area (Å²) in [6.45, 7) is -1.63. The molecule has 2 aromatic carbocycles. The number of nitrogens with zero attached hydrogens (tertiary/aromatic N) is 5. The summed E-state index contributed by atoms with van der Waals surface area (Å²) >= 11 is 6.06. The maximum atomic E-state index is 14.0. The van der Waals surface area contributed by atoms with Crippen molar-refractivity contribution >= 4 is 56.9 Å². The molecule has 3 amide bonds. The number of aryl methyl sites for hydroxylation is 1. The molecule has 4 aromatic rings. The number of rotatable bonds is 17. The Kier molecular flexibility index (Phi) is 10.4. The van der Waals surface area contributed by atoms with E-state index >= 15 is 0 Å². The van der Waals surface area contributed by atoms with Crippen LogP contribution in [-0.2, 0) is 38.6 Å². The summed E-state index contributed by atoms with van der Waals surface area (Å²) in [6, 6.07) is 11.3. The van der Waals surface area contributed by atoms with Crippen molar-refractivity contribution < 1.29 is 40.7 Å². The summed E-state index contributed by atoms with van der Waals surface area (Å²) in [4.78, 5) is 57.9. The van der Waals surface area contributed by atoms with Crippen LogP contribution in [0.1, 0.15) is 66.6 Å². The number of carbonyl (C=O) groups excluding carboxylic acids is 3. The number of hydrogen-bond donors (Lipinski definition) is 5. The molecule has 21 heteroatoms. The van der Waals surface area contributed by atoms with Gasteiger partial charge < -0.3 is 30.6 Å². The molecule has 2 aromatic heterocycles. The molecule has 5 N–H and O–H groups in total. The Labute approximate surface area is 341 Å². The Bertz CT molecular complexity index is 2370. The van der Waals surface area contributed by atoms with E-state index in [2.05, 4.69) is 45.9 Å². The fourth-order valence-electron chi connectivity index (χ4n) is 7.15. The number of carbonyl (C=O) groups is 3. The lowest BCUT2D eigenvalue weighted by molar-refractivity contribution is -0.154. The molecule has 0 radical (unpaired) electrons. The van der Waals surface area contributed by atoms with Gasteiger partial charge in [-0.15, -0.1) is 0 Å². The van der Waals surface area contributed by atoms with Crippen LogP contribution >= 0.6 is 11.6 Å². The van der Waals surface area contributed by atoms with Crippen molar-refractivity contribution in [3.8, 4) is 6.01 Å². The SMILES string of the molecule is Cn1cnc(C[C@H](NC(=O)c2ccc(Nc3nc(NC4(c5ccc(Cl)cc5)CC4)nc(OCC(F)(F)F)n3)cc2)C(=O)N[C@]2(C(=O)NS(=O)(=O)C3CC3)C[C@H]2C2CC2)c1. The maximum Gasteiger partial charge on any atom is 0.422 e. The lowest BCUT2D eigenvalue weighted by atomic mass is 10.1. The molecular weight excluding hydrogens is 817 g/mol. The van der Waals surface area contributed by atoms with Crippen molar-refractivity contribution in [3.05, 3.63) is 82.9 Å². The number of imidazole rings is 1. The van der Waals surface area contributed by atoms with E-state index in [1.54, 1.807) is 36.3 Å². The predicted octanol–water partition coefficient (Wildman–Crippen LogP) is 4.28. The van der Waals surface area contributed by atoms with Crippen molar-refractivity contribution in [1.29, 1.82) is 0 Å². The van der Waals surface area contributed by atoms with Gasteiger partial charge in [-0.25, -0.2) is 13.4 Å². The molecule has 0 aliphatic heterocycles. The highest BCUT2D eigenvalue weighted by atomic mass is 35.5. The summed E-state index contributed by atoms with van der Waals surface area (Å²) in [5.41, 5.74) is -0.101. The normalized spacial score (nSPS) is 21.1. The van der Waals surface area contributed by atoms with Gasteiger partial charge >= 0.3 is 12.2 Å². The van der Waals surface area contributed by atoms with Crippen LogP contribution in [0.2, 0.25) is 5.02 Å². The predicted molar refractivity (Wildman–Crippen MR) is 207 cm³/mol. The largest absolute Gasteiger partial charge is 0.454 e. The fraction of sp³-hybridized carbons (Fsp3) is 0.447. The van der Waals surface area contributed by atoms with Gasteiger partial charge in [0.1, 0.15) is 11.6 Å². The summed E-state index contributed by atoms with van der Waals surface area (Å²) in [5.74, 6) is -2.28. The molecule has 16 nitrogen and oxygen atoms in total. The molecule has 312 valence electrons. The van der Waals surface area contributed by atoms with Gasteiger partial charge in [-0.2, -0.15) is 28.1 Å². The third-order valence-corrected chi connectivity index (χ3v) is 12.9. The molecule has 4 aliphatic carbocycles. The number of hydrogen-bond acceptors (Lipinski definition) is 12. The number of anilines is 3. The van der Waals surface area contributed by atoms with Gasteiger partial charge in [-0.05, 0) is 98.7 Å². The molecule has 4 fully saturated rings. The van der Waals surface area contributed by atoms with Gasteiger partial charge in [0.25, 0.3) is 11.8 Å². The second-order valence-corrected chi connectivity index (χ2v) is 18.0. The van der Waals surface area contributed by atoms with E-state index < -0.39 is 68.9 Å². The first kappa shape index (κ1) is 40.3. The maximum absolute atomic E-state index is 14.0. The van der Waals surface area contributed by atoms with Crippen LogP contribution in [0.25, 0.3) is 0 Å². The van der Waals surface area contributed by atoms with Crippen LogP contribution in [0.3, 0.4) is 0 Å². The molecule has 2 heterocycles. The van der Waals surface area contributed by atoms with Gasteiger partial charge in [0.05, 0.1) is 22.8 Å². The first-order chi connectivity index (χ1) is 28.0. The molecule has 4 aliphatic rings. The fourth-order valence-corrected chi connectivity index (χ4v) is 8.64. The van der Waals surface area contributed by atoms with E-state index in [9.17, 15) is 36.0 Å². The van der Waals surface area contributed by atoms with E-state index in [-0.39, 0.29) is 42.1 Å². The zero-order valence-corrected chi connectivity index (χ0v) is 33.1. The van der Waals surface area contributed by atoms with Crippen LogP contribution < -0.4 is 30.7 Å². The molecule has 0 saturated heterocycles. The number of ether oxygens (including phenoxy) is 1. The Balaban J connectivity index is 0.974. The standard InChI is InChI=1S/C38H40ClF3N10O6S/c1-52-18-26(43-20-52)16-29(31(54)49-37(17-28(37)21-2-3-21)32(55)51-59(56,57)27-12-13-27)45-30(53)22-4-10-25(11-5-22)44-33-46-34(48-35(47-33)58-19-38(40,41)42)50-36(14-15-36)23-6-8-24(39)9-7-23/h4-11,18,20-21,27-29H,2-3,12-17,19H2,1H3,(H,45,53)(H,49,54)(H,51,55)(H2,44,46,47,48,50)/t28-,29-,37+/m0/s1. The highest BCUT2D eigenvalue weighted by Gasteiger charge is 2.66. The topological polar surface area (TPSA) is 211 Å². The lowest BCUT2D eigenvalue weighted by Crippen LogP contribution is -2.57. The molecular formula is C38H40ClF3N10O6S. The second-order valence-electron chi connectivity index (χ2n) is 15.6. The summed E-state index contributed by atoms with van der Waals surface area (Å²) in [6.07, 6.45) is 2.92. The number of alkyl halides is 3. The van der Waals surface area contributed by atoms with Crippen molar-refractivity contribution in [3.63, 3.8) is 0 Å². The number of halogens is 4. The third-order valence-electron chi connectivity index (χ3n) is 10.8. The number of amides is 3. The van der Waals surface area contributed by atoms with Crippen LogP contribution in [0.5, 0.6) is 6.01 Å². The Hall–Kier alpha value is -5.50. The van der Waals surface area contributed by atoms with Crippen molar-refractivity contribution in [2.45, 2.75) is 79.9 Å². The highest BCUT2D eigenvalue weighted by molar-refractivity contribution is 7.91. The second kappa shape index (κ2) is 15.3. The van der Waals surface area contributed by atoms with Crippen LogP contribution in [0.15, 0.2) is 61.1 Å². The van der Waals surface area contributed by atoms with Crippen molar-refractivity contribution in [2.24, 2.45) is 18.9 Å². The first-order valence-electron chi connectivity index (χ1n) is 19.0. The van der Waals surface area contributed by atoms with E-state index in [0.29, 0.717) is 42.1 Å². The van der Waals surface area contributed by atoms with Crippen LogP contribution in [0, 0.1) is 11.8 Å². The Morgan fingerprint density at radius 2 is 1.68 bits per heavy atom. The van der Waals surface area contributed by atoms with E-state index in [0.717, 1.165) is 18.4 Å². The number of aromatic nitrogens is 5. The van der Waals surface area contributed by atoms with Crippen molar-refractivity contribution in [2.75, 3.05) is 17.2 Å². The van der Waals surface area contributed by atoms with Gasteiger partial charge in [0.2, 0.25) is 27.8 Å². The minimum Gasteiger partial charge on any atom is -0.454 e. The highest BCUT2D eigenvalue weighted by Crippen LogP contribution is 2.57. The summed E-state index contributed by atoms with van der Waals surface area (Å²) in [5, 5.41) is 11.6. The van der Waals surface area contributed by atoms with Crippen molar-refractivity contribution in [1.82, 2.24) is 39.9 Å². The molecule has 3 atom stereocenters. The lowest BCUT2D eigenvalue weighted by Gasteiger charge is -2.24. The Morgan fingerprint density at radius 3 is 2.29 bits per heavy atom. The summed E-state index contributed by atoms with van der Waals surface area (Å²) in [7, 11) is -2.12. The Morgan fingerprint density at radius 1 is 0.983 bits per heavy atom. The minimum atomic E-state index is -4.64. The number of benzene rings is 2. The third kappa shape index (κ3) is 9.53. The summed E-state index contributed by atoms with van der Waals surface area (Å²) < 4.78 is 73.3. The average molecular weight is 857 g/mol. The zero-order chi connectivity index (χ0) is 41.7.